The summed E-state index contributed by atoms with van der Waals surface area (Å²) in [6.45, 7) is 11.1. The normalized spacial score (nSPS) is 15.1. The third-order valence-electron chi connectivity index (χ3n) is 4.11. The maximum atomic E-state index is 13.9. The molecule has 154 valence electrons. The van der Waals surface area contributed by atoms with Crippen LogP contribution in [-0.4, -0.2) is 63.4 Å². The van der Waals surface area contributed by atoms with Crippen molar-refractivity contribution in [1.29, 1.82) is 0 Å². The molecule has 0 atom stereocenters. The molecule has 0 amide bonds. The highest BCUT2D eigenvalue weighted by Crippen LogP contribution is 2.18. The Hall–Kier alpha value is -1.13. The molecule has 1 aromatic rings. The Kier molecular flexibility index (Phi) is 12.4. The van der Waals surface area contributed by atoms with E-state index in [4.69, 9.17) is 9.47 Å². The second kappa shape index (κ2) is 14.0. The predicted octanol–water partition coefficient (Wildman–Crippen LogP) is 2.62. The van der Waals surface area contributed by atoms with Crippen LogP contribution in [0.2, 0.25) is 0 Å². The van der Waals surface area contributed by atoms with Crippen molar-refractivity contribution in [3.05, 3.63) is 29.6 Å². The fourth-order valence-electron chi connectivity index (χ4n) is 2.76. The van der Waals surface area contributed by atoms with Crippen molar-refractivity contribution in [2.75, 3.05) is 52.5 Å². The highest BCUT2D eigenvalue weighted by Gasteiger charge is 2.09. The largest absolute Gasteiger partial charge is 0.491 e. The van der Waals surface area contributed by atoms with Gasteiger partial charge in [-0.3, -0.25) is 4.90 Å². The van der Waals surface area contributed by atoms with Crippen molar-refractivity contribution >= 4 is 29.9 Å². The number of ether oxygens (including phenoxy) is 2. The van der Waals surface area contributed by atoms with Crippen LogP contribution < -0.4 is 15.4 Å². The van der Waals surface area contributed by atoms with Gasteiger partial charge in [-0.1, -0.05) is 6.07 Å². The van der Waals surface area contributed by atoms with Gasteiger partial charge < -0.3 is 20.1 Å². The van der Waals surface area contributed by atoms with Crippen LogP contribution in [0.5, 0.6) is 5.75 Å². The average Bonchev–Trinajstić information content (AvgIpc) is 2.66. The van der Waals surface area contributed by atoms with E-state index >= 15 is 0 Å². The summed E-state index contributed by atoms with van der Waals surface area (Å²) in [6.07, 6.45) is 1.04. The predicted molar refractivity (Wildman–Crippen MR) is 118 cm³/mol. The third-order valence-corrected chi connectivity index (χ3v) is 4.11. The number of guanidine groups is 1. The summed E-state index contributed by atoms with van der Waals surface area (Å²) in [6, 6.07) is 4.99. The standard InChI is InChI=1S/C19H31FN4O2.HI/c1-3-21-19(22-8-5-9-24-10-12-25-13-11-24)23-15-16-6-7-18(26-4-2)17(20)14-16;/h6-7,14H,3-5,8-13,15H2,1-2H3,(H2,21,22,23);1H. The molecular formula is C19H32FIN4O2. The monoisotopic (exact) mass is 494 g/mol. The van der Waals surface area contributed by atoms with Gasteiger partial charge in [0.1, 0.15) is 0 Å². The van der Waals surface area contributed by atoms with Gasteiger partial charge in [0.05, 0.1) is 26.4 Å². The van der Waals surface area contributed by atoms with Crippen molar-refractivity contribution in [1.82, 2.24) is 15.5 Å². The lowest BCUT2D eigenvalue weighted by atomic mass is 10.2. The van der Waals surface area contributed by atoms with E-state index in [1.165, 1.54) is 6.07 Å². The summed E-state index contributed by atoms with van der Waals surface area (Å²) in [5.74, 6) is 0.695. The lowest BCUT2D eigenvalue weighted by Gasteiger charge is -2.26. The lowest BCUT2D eigenvalue weighted by molar-refractivity contribution is 0.0376. The van der Waals surface area contributed by atoms with Gasteiger partial charge in [0.15, 0.2) is 17.5 Å². The molecule has 0 aliphatic carbocycles. The molecule has 0 spiro atoms. The first-order chi connectivity index (χ1) is 12.7. The molecule has 0 saturated carbocycles. The topological polar surface area (TPSA) is 58.1 Å². The Balaban J connectivity index is 0.00000364. The van der Waals surface area contributed by atoms with E-state index in [9.17, 15) is 4.39 Å². The van der Waals surface area contributed by atoms with E-state index < -0.39 is 0 Å². The number of morpholine rings is 1. The number of aliphatic imine (C=N–C) groups is 1. The van der Waals surface area contributed by atoms with Crippen molar-refractivity contribution in [2.45, 2.75) is 26.8 Å². The number of benzene rings is 1. The Morgan fingerprint density at radius 3 is 2.70 bits per heavy atom. The summed E-state index contributed by atoms with van der Waals surface area (Å²) in [5, 5.41) is 6.56. The van der Waals surface area contributed by atoms with E-state index in [0.29, 0.717) is 13.2 Å². The van der Waals surface area contributed by atoms with Gasteiger partial charge in [-0.15, -0.1) is 24.0 Å². The van der Waals surface area contributed by atoms with Gasteiger partial charge in [0.25, 0.3) is 0 Å². The minimum Gasteiger partial charge on any atom is -0.491 e. The molecule has 1 aliphatic rings. The van der Waals surface area contributed by atoms with Crippen LogP contribution in [0.3, 0.4) is 0 Å². The number of hydrogen-bond acceptors (Lipinski definition) is 4. The molecule has 8 heteroatoms. The third kappa shape index (κ3) is 9.07. The van der Waals surface area contributed by atoms with Gasteiger partial charge >= 0.3 is 0 Å². The quantitative estimate of drug-likeness (QED) is 0.239. The van der Waals surface area contributed by atoms with Crippen LogP contribution in [0.1, 0.15) is 25.8 Å². The summed E-state index contributed by atoms with van der Waals surface area (Å²) in [4.78, 5) is 6.95. The SMILES string of the molecule is CCNC(=NCc1ccc(OCC)c(F)c1)NCCCN1CCOCC1.I. The number of nitrogens with one attached hydrogen (secondary N) is 2. The number of rotatable bonds is 9. The number of hydrogen-bond donors (Lipinski definition) is 2. The Morgan fingerprint density at radius 2 is 2.04 bits per heavy atom. The van der Waals surface area contributed by atoms with Crippen molar-refractivity contribution in [3.8, 4) is 5.75 Å². The smallest absolute Gasteiger partial charge is 0.191 e. The van der Waals surface area contributed by atoms with E-state index in [-0.39, 0.29) is 35.5 Å². The lowest BCUT2D eigenvalue weighted by Crippen LogP contribution is -2.40. The average molecular weight is 494 g/mol. The van der Waals surface area contributed by atoms with Crippen LogP contribution in [0, 0.1) is 5.82 Å². The van der Waals surface area contributed by atoms with Gasteiger partial charge in [-0.2, -0.15) is 0 Å². The molecule has 0 bridgehead atoms. The fraction of sp³-hybridized carbons (Fsp3) is 0.632. The zero-order valence-corrected chi connectivity index (χ0v) is 18.6. The van der Waals surface area contributed by atoms with Gasteiger partial charge in [0, 0.05) is 26.2 Å². The second-order valence-electron chi connectivity index (χ2n) is 6.13. The fourth-order valence-corrected chi connectivity index (χ4v) is 2.76. The second-order valence-corrected chi connectivity index (χ2v) is 6.13. The molecule has 1 aromatic carbocycles. The maximum Gasteiger partial charge on any atom is 0.191 e. The number of halogens is 2. The molecule has 0 aromatic heterocycles. The van der Waals surface area contributed by atoms with Crippen LogP contribution in [0.25, 0.3) is 0 Å². The van der Waals surface area contributed by atoms with Gasteiger partial charge in [-0.05, 0) is 44.5 Å². The zero-order chi connectivity index (χ0) is 18.6. The van der Waals surface area contributed by atoms with Crippen LogP contribution >= 0.6 is 24.0 Å². The Morgan fingerprint density at radius 1 is 1.26 bits per heavy atom. The molecule has 6 nitrogen and oxygen atoms in total. The maximum absolute atomic E-state index is 13.9. The number of nitrogens with zero attached hydrogens (tertiary/aromatic N) is 2. The molecule has 1 heterocycles. The first kappa shape index (κ1) is 23.9. The van der Waals surface area contributed by atoms with Crippen LogP contribution in [0.4, 0.5) is 4.39 Å². The summed E-state index contributed by atoms with van der Waals surface area (Å²) in [7, 11) is 0. The molecule has 2 N–H and O–H groups in total. The molecule has 0 unspecified atom stereocenters. The summed E-state index contributed by atoms with van der Waals surface area (Å²) >= 11 is 0. The summed E-state index contributed by atoms with van der Waals surface area (Å²) in [5.41, 5.74) is 0.816. The van der Waals surface area contributed by atoms with Crippen LogP contribution in [0.15, 0.2) is 23.2 Å². The minimum absolute atomic E-state index is 0. The molecule has 1 saturated heterocycles. The molecule has 27 heavy (non-hydrogen) atoms. The van der Waals surface area contributed by atoms with Gasteiger partial charge in [0.2, 0.25) is 0 Å². The minimum atomic E-state index is -0.344. The van der Waals surface area contributed by atoms with Crippen LogP contribution in [-0.2, 0) is 11.3 Å². The first-order valence-corrected chi connectivity index (χ1v) is 9.46. The highest BCUT2D eigenvalue weighted by atomic mass is 127. The van der Waals surface area contributed by atoms with Crippen molar-refractivity contribution < 1.29 is 13.9 Å². The van der Waals surface area contributed by atoms with Gasteiger partial charge in [-0.25, -0.2) is 9.38 Å². The van der Waals surface area contributed by atoms with Crippen molar-refractivity contribution in [2.24, 2.45) is 4.99 Å². The summed E-state index contributed by atoms with van der Waals surface area (Å²) < 4.78 is 24.5. The zero-order valence-electron chi connectivity index (χ0n) is 16.3. The van der Waals surface area contributed by atoms with E-state index in [1.54, 1.807) is 6.07 Å². The first-order valence-electron chi connectivity index (χ1n) is 9.46. The van der Waals surface area contributed by atoms with E-state index in [1.807, 2.05) is 19.9 Å². The van der Waals surface area contributed by atoms with Crippen molar-refractivity contribution in [3.63, 3.8) is 0 Å². The highest BCUT2D eigenvalue weighted by molar-refractivity contribution is 14.0. The Bertz CT molecular complexity index is 569. The molecule has 0 radical (unpaired) electrons. The molecular weight excluding hydrogens is 462 g/mol. The van der Waals surface area contributed by atoms with E-state index in [2.05, 4.69) is 20.5 Å². The Labute approximate surface area is 178 Å². The molecule has 2 rings (SSSR count). The van der Waals surface area contributed by atoms with E-state index in [0.717, 1.165) is 63.9 Å². The molecule has 1 aliphatic heterocycles. The molecule has 1 fully saturated rings.